The Balaban J connectivity index is 1.80. The summed E-state index contributed by atoms with van der Waals surface area (Å²) in [5.41, 5.74) is 0.617. The van der Waals surface area contributed by atoms with Crippen molar-refractivity contribution in [1.29, 1.82) is 0 Å². The second-order valence-corrected chi connectivity index (χ2v) is 7.27. The van der Waals surface area contributed by atoms with Gasteiger partial charge in [0.05, 0.1) is 11.9 Å². The molecule has 1 aromatic carbocycles. The Kier molecular flexibility index (Phi) is 4.97. The van der Waals surface area contributed by atoms with Gasteiger partial charge in [-0.1, -0.05) is 18.2 Å². The highest BCUT2D eigenvalue weighted by Gasteiger charge is 2.34. The fraction of sp³-hybridized carbons (Fsp3) is 0.500. The summed E-state index contributed by atoms with van der Waals surface area (Å²) < 4.78 is 25.9. The van der Waals surface area contributed by atoms with Gasteiger partial charge in [0, 0.05) is 31.1 Å². The summed E-state index contributed by atoms with van der Waals surface area (Å²) in [4.78, 5) is 13.7. The number of likely N-dealkylation sites (tertiary alicyclic amines) is 1. The molecule has 7 heteroatoms. The SMILES string of the molecule is CC(O)CNS(=O)(=O)CC1CN(C(=O)c2ccccc2)C1. The first-order chi connectivity index (χ1) is 9.87. The number of amides is 1. The Labute approximate surface area is 124 Å². The van der Waals surface area contributed by atoms with E-state index in [2.05, 4.69) is 4.72 Å². The van der Waals surface area contributed by atoms with Crippen molar-refractivity contribution in [2.24, 2.45) is 5.92 Å². The second kappa shape index (κ2) is 6.55. The normalized spacial score (nSPS) is 17.3. The average molecular weight is 312 g/mol. The lowest BCUT2D eigenvalue weighted by molar-refractivity contribution is 0.0534. The van der Waals surface area contributed by atoms with Gasteiger partial charge in [0.2, 0.25) is 10.0 Å². The molecule has 0 spiro atoms. The average Bonchev–Trinajstić information content (AvgIpc) is 2.41. The van der Waals surface area contributed by atoms with E-state index in [0.717, 1.165) is 0 Å². The minimum atomic E-state index is -3.40. The number of rotatable bonds is 6. The Morgan fingerprint density at radius 1 is 1.38 bits per heavy atom. The molecule has 1 saturated heterocycles. The predicted octanol–water partition coefficient (Wildman–Crippen LogP) is 0.0588. The molecule has 0 aromatic heterocycles. The zero-order valence-electron chi connectivity index (χ0n) is 11.9. The van der Waals surface area contributed by atoms with Gasteiger partial charge >= 0.3 is 0 Å². The molecule has 1 amide bonds. The van der Waals surface area contributed by atoms with Crippen molar-refractivity contribution in [3.05, 3.63) is 35.9 Å². The quantitative estimate of drug-likeness (QED) is 0.777. The van der Waals surface area contributed by atoms with Crippen LogP contribution in [0.3, 0.4) is 0 Å². The van der Waals surface area contributed by atoms with Crippen LogP contribution in [-0.4, -0.2) is 55.8 Å². The van der Waals surface area contributed by atoms with Gasteiger partial charge < -0.3 is 10.0 Å². The molecule has 1 aromatic rings. The number of carbonyl (C=O) groups is 1. The molecule has 2 rings (SSSR count). The predicted molar refractivity (Wildman–Crippen MR) is 79.3 cm³/mol. The summed E-state index contributed by atoms with van der Waals surface area (Å²) in [5.74, 6) is -0.136. The molecule has 0 radical (unpaired) electrons. The van der Waals surface area contributed by atoms with Crippen LogP contribution in [0.4, 0.5) is 0 Å². The number of hydrogen-bond acceptors (Lipinski definition) is 4. The third kappa shape index (κ3) is 4.52. The first kappa shape index (κ1) is 15.9. The molecule has 6 nitrogen and oxygen atoms in total. The third-order valence-corrected chi connectivity index (χ3v) is 4.84. The molecule has 116 valence electrons. The molecule has 1 atom stereocenters. The van der Waals surface area contributed by atoms with Gasteiger partial charge in [-0.3, -0.25) is 4.79 Å². The Hall–Kier alpha value is -1.44. The molecule has 1 aliphatic rings. The molecular formula is C14H20N2O4S. The molecule has 1 fully saturated rings. The molecule has 1 unspecified atom stereocenters. The molecular weight excluding hydrogens is 292 g/mol. The zero-order chi connectivity index (χ0) is 15.5. The van der Waals surface area contributed by atoms with E-state index in [-0.39, 0.29) is 24.1 Å². The molecule has 2 N–H and O–H groups in total. The number of aliphatic hydroxyl groups is 1. The number of nitrogens with zero attached hydrogens (tertiary/aromatic N) is 1. The lowest BCUT2D eigenvalue weighted by Crippen LogP contribution is -2.53. The standard InChI is InChI=1S/C14H20N2O4S/c1-11(17)7-15-21(19,20)10-12-8-16(9-12)14(18)13-5-3-2-4-6-13/h2-6,11-12,15,17H,7-10H2,1H3. The first-order valence-electron chi connectivity index (χ1n) is 6.87. The minimum Gasteiger partial charge on any atom is -0.392 e. The maximum atomic E-state index is 12.1. The summed E-state index contributed by atoms with van der Waals surface area (Å²) in [5, 5.41) is 9.08. The first-order valence-corrected chi connectivity index (χ1v) is 8.52. The van der Waals surface area contributed by atoms with Crippen molar-refractivity contribution < 1.29 is 18.3 Å². The van der Waals surface area contributed by atoms with Crippen LogP contribution in [0.5, 0.6) is 0 Å². The maximum absolute atomic E-state index is 12.1. The highest BCUT2D eigenvalue weighted by atomic mass is 32.2. The lowest BCUT2D eigenvalue weighted by Gasteiger charge is -2.39. The largest absolute Gasteiger partial charge is 0.392 e. The van der Waals surface area contributed by atoms with E-state index >= 15 is 0 Å². The van der Waals surface area contributed by atoms with Crippen molar-refractivity contribution in [3.8, 4) is 0 Å². The van der Waals surface area contributed by atoms with Gasteiger partial charge in [0.15, 0.2) is 0 Å². The van der Waals surface area contributed by atoms with E-state index in [1.54, 1.807) is 29.2 Å². The Bertz CT molecular complexity index is 580. The van der Waals surface area contributed by atoms with Crippen molar-refractivity contribution in [3.63, 3.8) is 0 Å². The Morgan fingerprint density at radius 3 is 2.57 bits per heavy atom. The van der Waals surface area contributed by atoms with Crippen LogP contribution in [0.15, 0.2) is 30.3 Å². The summed E-state index contributed by atoms with van der Waals surface area (Å²) >= 11 is 0. The van der Waals surface area contributed by atoms with Crippen LogP contribution < -0.4 is 4.72 Å². The maximum Gasteiger partial charge on any atom is 0.253 e. The summed E-state index contributed by atoms with van der Waals surface area (Å²) in [7, 11) is -3.40. The molecule has 1 aliphatic heterocycles. The van der Waals surface area contributed by atoms with E-state index in [1.807, 2.05) is 6.07 Å². The summed E-state index contributed by atoms with van der Waals surface area (Å²) in [6.45, 7) is 2.43. The number of benzene rings is 1. The minimum absolute atomic E-state index is 0.0156. The zero-order valence-corrected chi connectivity index (χ0v) is 12.7. The molecule has 21 heavy (non-hydrogen) atoms. The smallest absolute Gasteiger partial charge is 0.253 e. The van der Waals surface area contributed by atoms with E-state index < -0.39 is 16.1 Å². The lowest BCUT2D eigenvalue weighted by atomic mass is 10.0. The van der Waals surface area contributed by atoms with E-state index in [4.69, 9.17) is 5.11 Å². The van der Waals surface area contributed by atoms with E-state index in [0.29, 0.717) is 18.7 Å². The number of sulfonamides is 1. The molecule has 0 bridgehead atoms. The van der Waals surface area contributed by atoms with Crippen LogP contribution in [-0.2, 0) is 10.0 Å². The van der Waals surface area contributed by atoms with Gasteiger partial charge in [0.25, 0.3) is 5.91 Å². The van der Waals surface area contributed by atoms with Crippen molar-refractivity contribution >= 4 is 15.9 Å². The fourth-order valence-electron chi connectivity index (χ4n) is 2.22. The highest BCUT2D eigenvalue weighted by molar-refractivity contribution is 7.89. The molecule has 0 aliphatic carbocycles. The summed E-state index contributed by atoms with van der Waals surface area (Å²) in [6.07, 6.45) is -0.711. The summed E-state index contributed by atoms with van der Waals surface area (Å²) in [6, 6.07) is 8.94. The fourth-order valence-corrected chi connectivity index (χ4v) is 3.67. The van der Waals surface area contributed by atoms with Gasteiger partial charge in [-0.05, 0) is 19.1 Å². The van der Waals surface area contributed by atoms with Crippen LogP contribution in [0.1, 0.15) is 17.3 Å². The number of nitrogens with one attached hydrogen (secondary N) is 1. The van der Waals surface area contributed by atoms with Crippen LogP contribution >= 0.6 is 0 Å². The van der Waals surface area contributed by atoms with Crippen molar-refractivity contribution in [1.82, 2.24) is 9.62 Å². The third-order valence-electron chi connectivity index (χ3n) is 3.32. The number of aliphatic hydroxyl groups excluding tert-OH is 1. The van der Waals surface area contributed by atoms with Crippen molar-refractivity contribution in [2.45, 2.75) is 13.0 Å². The number of hydrogen-bond donors (Lipinski definition) is 2. The van der Waals surface area contributed by atoms with E-state index in [1.165, 1.54) is 6.92 Å². The molecule has 0 saturated carbocycles. The Morgan fingerprint density at radius 2 is 2.00 bits per heavy atom. The van der Waals surface area contributed by atoms with Gasteiger partial charge in [-0.25, -0.2) is 13.1 Å². The van der Waals surface area contributed by atoms with Gasteiger partial charge in [-0.2, -0.15) is 0 Å². The number of carbonyl (C=O) groups excluding carboxylic acids is 1. The van der Waals surface area contributed by atoms with Crippen LogP contribution in [0.25, 0.3) is 0 Å². The van der Waals surface area contributed by atoms with E-state index in [9.17, 15) is 13.2 Å². The highest BCUT2D eigenvalue weighted by Crippen LogP contribution is 2.20. The van der Waals surface area contributed by atoms with Crippen LogP contribution in [0, 0.1) is 5.92 Å². The van der Waals surface area contributed by atoms with Gasteiger partial charge in [-0.15, -0.1) is 0 Å². The molecule has 1 heterocycles. The van der Waals surface area contributed by atoms with Gasteiger partial charge in [0.1, 0.15) is 0 Å². The topological polar surface area (TPSA) is 86.7 Å². The second-order valence-electron chi connectivity index (χ2n) is 5.42. The van der Waals surface area contributed by atoms with Crippen LogP contribution in [0.2, 0.25) is 0 Å². The van der Waals surface area contributed by atoms with Crippen molar-refractivity contribution in [2.75, 3.05) is 25.4 Å². The monoisotopic (exact) mass is 312 g/mol.